The number of methoxy groups -OCH3 is 1. The van der Waals surface area contributed by atoms with Crippen molar-refractivity contribution in [3.63, 3.8) is 0 Å². The molecule has 0 spiro atoms. The molecule has 1 atom stereocenters. The number of thioether (sulfide) groups is 1. The zero-order valence-electron chi connectivity index (χ0n) is 12.4. The van der Waals surface area contributed by atoms with Crippen LogP contribution in [-0.2, 0) is 9.59 Å². The van der Waals surface area contributed by atoms with Gasteiger partial charge in [0.2, 0.25) is 5.91 Å². The van der Waals surface area contributed by atoms with Crippen LogP contribution < -0.4 is 9.64 Å². The van der Waals surface area contributed by atoms with Gasteiger partial charge in [-0.15, -0.1) is 0 Å². The van der Waals surface area contributed by atoms with E-state index in [1.165, 1.54) is 23.1 Å². The molecule has 1 aromatic carbocycles. The second kappa shape index (κ2) is 6.26. The molecule has 1 aliphatic rings. The summed E-state index contributed by atoms with van der Waals surface area (Å²) in [5.41, 5.74) is 0.791. The summed E-state index contributed by atoms with van der Waals surface area (Å²) < 4.78 is 6.32. The minimum atomic E-state index is 0.0761. The second-order valence-corrected chi connectivity index (χ2v) is 7.39. The number of para-hydroxylation sites is 1. The van der Waals surface area contributed by atoms with Crippen LogP contribution in [0.1, 0.15) is 13.3 Å². The van der Waals surface area contributed by atoms with Crippen molar-refractivity contribution in [3.8, 4) is 5.75 Å². The lowest BCUT2D eigenvalue weighted by Crippen LogP contribution is -2.24. The van der Waals surface area contributed by atoms with Crippen molar-refractivity contribution in [2.75, 3.05) is 24.3 Å². The quantitative estimate of drug-likeness (QED) is 0.859. The van der Waals surface area contributed by atoms with Crippen molar-refractivity contribution in [1.29, 1.82) is 0 Å². The third-order valence-electron chi connectivity index (χ3n) is 3.55. The first-order valence-corrected chi connectivity index (χ1v) is 8.76. The molecule has 0 radical (unpaired) electrons. The number of aromatic nitrogens is 1. The number of hydrogen-bond donors (Lipinski definition) is 0. The first-order chi connectivity index (χ1) is 10.6. The predicted octanol–water partition coefficient (Wildman–Crippen LogP) is 2.94. The molecule has 0 aliphatic carbocycles. The normalized spacial score (nSPS) is 18.2. The van der Waals surface area contributed by atoms with Gasteiger partial charge in [-0.25, -0.2) is 4.98 Å². The van der Waals surface area contributed by atoms with Crippen molar-refractivity contribution >= 4 is 49.5 Å². The number of fused-ring (bicyclic) bond motifs is 1. The number of hydrogen-bond acceptors (Lipinski definition) is 6. The van der Waals surface area contributed by atoms with Crippen LogP contribution in [0.3, 0.4) is 0 Å². The Bertz CT molecular complexity index is 729. The zero-order valence-corrected chi connectivity index (χ0v) is 14.0. The summed E-state index contributed by atoms with van der Waals surface area (Å²) >= 11 is 2.78. The summed E-state index contributed by atoms with van der Waals surface area (Å²) in [6.07, 6.45) is 0.480. The van der Waals surface area contributed by atoms with E-state index in [1.54, 1.807) is 18.9 Å². The van der Waals surface area contributed by atoms with Crippen molar-refractivity contribution in [2.24, 2.45) is 5.92 Å². The fourth-order valence-electron chi connectivity index (χ4n) is 2.51. The zero-order chi connectivity index (χ0) is 15.7. The SMILES string of the molecule is COc1cccc2sc(N3CC(CSC(C)=O)CC3=O)nc12. The summed E-state index contributed by atoms with van der Waals surface area (Å²) in [5.74, 6) is 1.68. The van der Waals surface area contributed by atoms with Crippen molar-refractivity contribution in [1.82, 2.24) is 4.98 Å². The van der Waals surface area contributed by atoms with Gasteiger partial charge in [0, 0.05) is 25.6 Å². The molecule has 2 aromatic rings. The van der Waals surface area contributed by atoms with E-state index in [0.29, 0.717) is 23.8 Å². The monoisotopic (exact) mass is 336 g/mol. The lowest BCUT2D eigenvalue weighted by atomic mass is 10.1. The summed E-state index contributed by atoms with van der Waals surface area (Å²) in [5, 5.41) is 0.801. The average molecular weight is 336 g/mol. The Hall–Kier alpha value is -1.60. The molecule has 1 fully saturated rings. The van der Waals surface area contributed by atoms with E-state index >= 15 is 0 Å². The molecule has 5 nitrogen and oxygen atoms in total. The number of benzene rings is 1. The third kappa shape index (κ3) is 2.96. The predicted molar refractivity (Wildman–Crippen MR) is 89.8 cm³/mol. The molecule has 1 amide bonds. The van der Waals surface area contributed by atoms with Crippen LogP contribution in [0.5, 0.6) is 5.75 Å². The van der Waals surface area contributed by atoms with Crippen LogP contribution in [0.25, 0.3) is 10.2 Å². The number of rotatable bonds is 4. The van der Waals surface area contributed by atoms with Gasteiger partial charge in [-0.3, -0.25) is 14.5 Å². The summed E-state index contributed by atoms with van der Waals surface area (Å²) in [4.78, 5) is 29.6. The van der Waals surface area contributed by atoms with Gasteiger partial charge in [-0.2, -0.15) is 0 Å². The van der Waals surface area contributed by atoms with E-state index in [4.69, 9.17) is 4.74 Å². The van der Waals surface area contributed by atoms with Crippen LogP contribution in [0.15, 0.2) is 18.2 Å². The van der Waals surface area contributed by atoms with Crippen molar-refractivity contribution in [3.05, 3.63) is 18.2 Å². The highest BCUT2D eigenvalue weighted by atomic mass is 32.2. The Morgan fingerprint density at radius 1 is 1.55 bits per heavy atom. The molecule has 1 aromatic heterocycles. The van der Waals surface area contributed by atoms with Gasteiger partial charge < -0.3 is 4.74 Å². The molecule has 116 valence electrons. The minimum absolute atomic E-state index is 0.0761. The van der Waals surface area contributed by atoms with Crippen LogP contribution >= 0.6 is 23.1 Å². The molecule has 0 saturated carbocycles. The molecule has 2 heterocycles. The third-order valence-corrected chi connectivity index (χ3v) is 5.64. The van der Waals surface area contributed by atoms with Gasteiger partial charge in [-0.05, 0) is 18.1 Å². The Kier molecular flexibility index (Phi) is 4.35. The molecular formula is C15H16N2O3S2. The van der Waals surface area contributed by atoms with Crippen LogP contribution in [-0.4, -0.2) is 35.4 Å². The van der Waals surface area contributed by atoms with Crippen molar-refractivity contribution in [2.45, 2.75) is 13.3 Å². The highest BCUT2D eigenvalue weighted by Crippen LogP contribution is 2.36. The number of thiazole rings is 1. The van der Waals surface area contributed by atoms with E-state index in [9.17, 15) is 9.59 Å². The minimum Gasteiger partial charge on any atom is -0.494 e. The van der Waals surface area contributed by atoms with Crippen LogP contribution in [0.2, 0.25) is 0 Å². The number of amides is 1. The summed E-state index contributed by atoms with van der Waals surface area (Å²) in [6, 6.07) is 5.76. The van der Waals surface area contributed by atoms with Gasteiger partial charge in [0.1, 0.15) is 11.3 Å². The molecule has 0 N–H and O–H groups in total. The van der Waals surface area contributed by atoms with E-state index in [1.807, 2.05) is 18.2 Å². The summed E-state index contributed by atoms with van der Waals surface area (Å²) in [6.45, 7) is 2.18. The number of anilines is 1. The Balaban J connectivity index is 1.82. The molecule has 0 bridgehead atoms. The number of carbonyl (C=O) groups excluding carboxylic acids is 2. The summed E-state index contributed by atoms with van der Waals surface area (Å²) in [7, 11) is 1.61. The largest absolute Gasteiger partial charge is 0.494 e. The molecule has 1 unspecified atom stereocenters. The molecule has 1 aliphatic heterocycles. The van der Waals surface area contributed by atoms with Gasteiger partial charge in [0.15, 0.2) is 10.2 Å². The van der Waals surface area contributed by atoms with Crippen molar-refractivity contribution < 1.29 is 14.3 Å². The molecule has 3 rings (SSSR count). The lowest BCUT2D eigenvalue weighted by Gasteiger charge is -2.12. The standard InChI is InChI=1S/C15H16N2O3S2/c1-9(18)21-8-10-6-13(19)17(7-10)15-16-14-11(20-2)4-3-5-12(14)22-15/h3-5,10H,6-8H2,1-2H3. The highest BCUT2D eigenvalue weighted by Gasteiger charge is 2.32. The van der Waals surface area contributed by atoms with Gasteiger partial charge in [0.25, 0.3) is 0 Å². The maximum absolute atomic E-state index is 12.2. The van der Waals surface area contributed by atoms with Gasteiger partial charge in [0.05, 0.1) is 11.8 Å². The highest BCUT2D eigenvalue weighted by molar-refractivity contribution is 8.13. The van der Waals surface area contributed by atoms with Gasteiger partial charge in [-0.1, -0.05) is 29.2 Å². The lowest BCUT2D eigenvalue weighted by molar-refractivity contribution is -0.117. The first-order valence-electron chi connectivity index (χ1n) is 6.95. The number of ether oxygens (including phenoxy) is 1. The number of carbonyl (C=O) groups is 2. The maximum atomic E-state index is 12.2. The first kappa shape index (κ1) is 15.3. The maximum Gasteiger partial charge on any atom is 0.229 e. The fraction of sp³-hybridized carbons (Fsp3) is 0.400. The smallest absolute Gasteiger partial charge is 0.229 e. The molecule has 1 saturated heterocycles. The second-order valence-electron chi connectivity index (χ2n) is 5.18. The van der Waals surface area contributed by atoms with E-state index < -0.39 is 0 Å². The fourth-order valence-corrected chi connectivity index (χ4v) is 4.21. The van der Waals surface area contributed by atoms with Crippen LogP contribution in [0, 0.1) is 5.92 Å². The van der Waals surface area contributed by atoms with E-state index in [2.05, 4.69) is 4.98 Å². The molecule has 7 heteroatoms. The Labute approximate surface area is 136 Å². The molecular weight excluding hydrogens is 320 g/mol. The van der Waals surface area contributed by atoms with E-state index in [-0.39, 0.29) is 16.9 Å². The van der Waals surface area contributed by atoms with E-state index in [0.717, 1.165) is 16.0 Å². The Morgan fingerprint density at radius 3 is 3.09 bits per heavy atom. The van der Waals surface area contributed by atoms with Gasteiger partial charge >= 0.3 is 0 Å². The Morgan fingerprint density at radius 2 is 2.36 bits per heavy atom. The molecule has 22 heavy (non-hydrogen) atoms. The average Bonchev–Trinajstić information content (AvgIpc) is 3.07. The topological polar surface area (TPSA) is 59.5 Å². The number of nitrogens with zero attached hydrogens (tertiary/aromatic N) is 2. The van der Waals surface area contributed by atoms with Crippen LogP contribution in [0.4, 0.5) is 5.13 Å².